The van der Waals surface area contributed by atoms with Crippen LogP contribution in [0.25, 0.3) is 22.2 Å². The molecule has 11 heteroatoms. The molecule has 0 radical (unpaired) electrons. The van der Waals surface area contributed by atoms with Crippen LogP contribution >= 0.6 is 0 Å². The highest BCUT2D eigenvalue weighted by Crippen LogP contribution is 2.34. The average Bonchev–Trinajstić information content (AvgIpc) is 2.93. The Balaban J connectivity index is 1.33. The molecule has 1 aromatic carbocycles. The quantitative estimate of drug-likeness (QED) is 0.262. The van der Waals surface area contributed by atoms with Crippen LogP contribution in [0.15, 0.2) is 42.7 Å². The molecule has 1 aliphatic heterocycles. The van der Waals surface area contributed by atoms with E-state index in [1.807, 2.05) is 26.8 Å². The van der Waals surface area contributed by atoms with Crippen LogP contribution in [0.5, 0.6) is 0 Å². The van der Waals surface area contributed by atoms with Gasteiger partial charge >= 0.3 is 6.09 Å². The Labute approximate surface area is 249 Å². The van der Waals surface area contributed by atoms with E-state index in [0.717, 1.165) is 24.6 Å². The topological polar surface area (TPSA) is 113 Å². The van der Waals surface area contributed by atoms with Crippen LogP contribution in [0.3, 0.4) is 0 Å². The lowest BCUT2D eigenvalue weighted by molar-refractivity contribution is 0.0204. The van der Waals surface area contributed by atoms with Gasteiger partial charge in [0, 0.05) is 35.9 Å². The monoisotopic (exact) mass is 590 g/mol. The van der Waals surface area contributed by atoms with E-state index in [2.05, 4.69) is 25.3 Å². The number of halogens is 2. The van der Waals surface area contributed by atoms with Gasteiger partial charge in [-0.2, -0.15) is 0 Å². The van der Waals surface area contributed by atoms with Crippen molar-refractivity contribution in [2.75, 3.05) is 18.4 Å². The van der Waals surface area contributed by atoms with Crippen LogP contribution in [0.1, 0.15) is 70.2 Å². The summed E-state index contributed by atoms with van der Waals surface area (Å²) in [4.78, 5) is 31.2. The number of ether oxygens (including phenoxy) is 1. The van der Waals surface area contributed by atoms with Crippen molar-refractivity contribution in [3.63, 3.8) is 0 Å². The number of rotatable bonds is 5. The number of aromatic nitrogens is 4. The molecule has 1 saturated heterocycles. The van der Waals surface area contributed by atoms with Gasteiger partial charge in [-0.05, 0) is 95.7 Å². The molecule has 0 aliphatic carbocycles. The summed E-state index contributed by atoms with van der Waals surface area (Å²) in [5, 5.41) is 14.1. The maximum Gasteiger partial charge on any atom is 0.410 e. The van der Waals surface area contributed by atoms with Crippen LogP contribution < -0.4 is 5.32 Å². The van der Waals surface area contributed by atoms with E-state index in [1.54, 1.807) is 50.1 Å². The highest BCUT2D eigenvalue weighted by molar-refractivity contribution is 5.88. The molecule has 0 saturated carbocycles. The highest BCUT2D eigenvalue weighted by atomic mass is 19.1. The van der Waals surface area contributed by atoms with Gasteiger partial charge in [0.25, 0.3) is 0 Å². The predicted molar refractivity (Wildman–Crippen MR) is 160 cm³/mol. The maximum absolute atomic E-state index is 15.2. The summed E-state index contributed by atoms with van der Waals surface area (Å²) in [6, 6.07) is 8.20. The number of nitrogens with zero attached hydrogens (tertiary/aromatic N) is 5. The Morgan fingerprint density at radius 3 is 2.35 bits per heavy atom. The first-order valence-electron chi connectivity index (χ1n) is 14.3. The van der Waals surface area contributed by atoms with Gasteiger partial charge in [0.1, 0.15) is 28.4 Å². The number of nitrogens with one attached hydrogen (secondary N) is 1. The number of fused-ring (bicyclic) bond motifs is 1. The van der Waals surface area contributed by atoms with Gasteiger partial charge < -0.3 is 20.1 Å². The summed E-state index contributed by atoms with van der Waals surface area (Å²) in [6.45, 7) is 11.7. The van der Waals surface area contributed by atoms with Crippen LogP contribution in [0, 0.1) is 18.6 Å². The van der Waals surface area contributed by atoms with E-state index in [4.69, 9.17) is 4.74 Å². The number of benzene rings is 1. The van der Waals surface area contributed by atoms with Gasteiger partial charge in [0.2, 0.25) is 5.95 Å². The third-order valence-electron chi connectivity index (χ3n) is 7.32. The second-order valence-electron chi connectivity index (χ2n) is 12.5. The van der Waals surface area contributed by atoms with Gasteiger partial charge in [-0.3, -0.25) is 4.98 Å². The summed E-state index contributed by atoms with van der Waals surface area (Å²) in [7, 11) is 0. The minimum atomic E-state index is -1.28. The first-order chi connectivity index (χ1) is 20.2. The molecule has 0 bridgehead atoms. The fraction of sp³-hybridized carbons (Fsp3) is 0.406. The van der Waals surface area contributed by atoms with Crippen molar-refractivity contribution < 1.29 is 23.4 Å². The molecule has 226 valence electrons. The summed E-state index contributed by atoms with van der Waals surface area (Å²) in [5.74, 6) is -0.573. The number of aryl methyl sites for hydroxylation is 1. The Hall–Kier alpha value is -4.25. The number of likely N-dealkylation sites (tertiary alicyclic amines) is 1. The normalized spacial score (nSPS) is 14.7. The summed E-state index contributed by atoms with van der Waals surface area (Å²) < 4.78 is 35.7. The van der Waals surface area contributed by atoms with E-state index >= 15 is 4.39 Å². The number of hydrogen-bond acceptors (Lipinski definition) is 8. The standard InChI is InChI=1S/C32H36F2N6O3/c1-18-13-23(32(5,6)42)22-14-21(15-24(33)28(22)37-18)27-25(34)17-36-29(39-27)38-26-8-7-20(16-35-26)19-9-11-40(12-10-19)30(41)43-31(2,3)4/h7-8,13-17,19,42H,9-12H2,1-6H3,(H,35,36,38,39). The Morgan fingerprint density at radius 1 is 1.00 bits per heavy atom. The Kier molecular flexibility index (Phi) is 8.04. The lowest BCUT2D eigenvalue weighted by atomic mass is 9.90. The number of carbonyl (C=O) groups is 1. The van der Waals surface area contributed by atoms with Crippen molar-refractivity contribution in [2.45, 2.75) is 71.5 Å². The lowest BCUT2D eigenvalue weighted by Gasteiger charge is -2.33. The molecule has 9 nitrogen and oxygen atoms in total. The van der Waals surface area contributed by atoms with Crippen molar-refractivity contribution in [3.05, 3.63) is 71.2 Å². The molecule has 0 spiro atoms. The SMILES string of the molecule is Cc1cc(C(C)(C)O)c2cc(-c3nc(Nc4ccc(C5CCN(C(=O)OC(C)(C)C)CC5)cn4)ncc3F)cc(F)c2n1. The molecule has 5 rings (SSSR count). The van der Waals surface area contributed by atoms with E-state index in [0.29, 0.717) is 35.6 Å². The summed E-state index contributed by atoms with van der Waals surface area (Å²) >= 11 is 0. The third kappa shape index (κ3) is 6.88. The number of anilines is 2. The molecule has 1 aliphatic rings. The smallest absolute Gasteiger partial charge is 0.410 e. The fourth-order valence-electron chi connectivity index (χ4n) is 5.24. The van der Waals surface area contributed by atoms with Crippen LogP contribution in [0.4, 0.5) is 25.3 Å². The lowest BCUT2D eigenvalue weighted by Crippen LogP contribution is -2.41. The van der Waals surface area contributed by atoms with Crippen LogP contribution in [-0.4, -0.2) is 54.7 Å². The fourth-order valence-corrected chi connectivity index (χ4v) is 5.24. The van der Waals surface area contributed by atoms with Gasteiger partial charge in [-0.25, -0.2) is 28.5 Å². The minimum absolute atomic E-state index is 0.0903. The molecule has 3 aromatic heterocycles. The minimum Gasteiger partial charge on any atom is -0.444 e. The number of amides is 1. The van der Waals surface area contributed by atoms with Gasteiger partial charge in [0.05, 0.1) is 11.8 Å². The van der Waals surface area contributed by atoms with Gasteiger partial charge in [-0.1, -0.05) is 6.07 Å². The van der Waals surface area contributed by atoms with Crippen LogP contribution in [0.2, 0.25) is 0 Å². The molecule has 0 atom stereocenters. The average molecular weight is 591 g/mol. The number of aliphatic hydroxyl groups is 1. The number of pyridine rings is 2. The molecular weight excluding hydrogens is 554 g/mol. The first-order valence-corrected chi connectivity index (χ1v) is 14.3. The zero-order valence-electron chi connectivity index (χ0n) is 25.2. The van der Waals surface area contributed by atoms with Gasteiger partial charge in [0.15, 0.2) is 5.82 Å². The van der Waals surface area contributed by atoms with Crippen molar-refractivity contribution in [2.24, 2.45) is 0 Å². The number of piperidine rings is 1. The van der Waals surface area contributed by atoms with E-state index < -0.39 is 22.8 Å². The predicted octanol–water partition coefficient (Wildman–Crippen LogP) is 6.76. The van der Waals surface area contributed by atoms with Crippen molar-refractivity contribution >= 4 is 28.8 Å². The van der Waals surface area contributed by atoms with E-state index in [-0.39, 0.29) is 34.7 Å². The Morgan fingerprint density at radius 2 is 1.72 bits per heavy atom. The zero-order valence-corrected chi connectivity index (χ0v) is 25.2. The maximum atomic E-state index is 15.2. The molecule has 0 unspecified atom stereocenters. The highest BCUT2D eigenvalue weighted by Gasteiger charge is 2.28. The van der Waals surface area contributed by atoms with Crippen molar-refractivity contribution in [1.29, 1.82) is 0 Å². The summed E-state index contributed by atoms with van der Waals surface area (Å²) in [6.07, 6.45) is 4.09. The molecule has 2 N–H and O–H groups in total. The number of hydrogen-bond donors (Lipinski definition) is 2. The first kappa shape index (κ1) is 30.2. The molecular formula is C32H36F2N6O3. The second kappa shape index (κ2) is 11.4. The van der Waals surface area contributed by atoms with Crippen molar-refractivity contribution in [3.8, 4) is 11.3 Å². The largest absolute Gasteiger partial charge is 0.444 e. The second-order valence-corrected chi connectivity index (χ2v) is 12.5. The van der Waals surface area contributed by atoms with E-state index in [1.165, 1.54) is 6.07 Å². The molecule has 1 amide bonds. The summed E-state index contributed by atoms with van der Waals surface area (Å²) in [5.41, 5.74) is 0.449. The molecule has 43 heavy (non-hydrogen) atoms. The molecule has 1 fully saturated rings. The van der Waals surface area contributed by atoms with E-state index in [9.17, 15) is 14.3 Å². The zero-order chi connectivity index (χ0) is 31.1. The Bertz CT molecular complexity index is 1660. The van der Waals surface area contributed by atoms with Gasteiger partial charge in [-0.15, -0.1) is 0 Å². The molecule has 4 aromatic rings. The van der Waals surface area contributed by atoms with Crippen molar-refractivity contribution in [1.82, 2.24) is 24.8 Å². The number of carbonyl (C=O) groups excluding carboxylic acids is 1. The van der Waals surface area contributed by atoms with Crippen LogP contribution in [-0.2, 0) is 10.3 Å². The molecule has 4 heterocycles. The third-order valence-corrected chi connectivity index (χ3v) is 7.32.